The van der Waals surface area contributed by atoms with E-state index in [1.165, 1.54) is 12.1 Å². The molecule has 0 aliphatic carbocycles. The average molecular weight is 199 g/mol. The van der Waals surface area contributed by atoms with Crippen LogP contribution in [0.25, 0.3) is 0 Å². The molecule has 0 aromatic heterocycles. The molecule has 0 saturated carbocycles. The molecule has 2 nitrogen and oxygen atoms in total. The van der Waals surface area contributed by atoms with Crippen LogP contribution in [-0.2, 0) is 0 Å². The van der Waals surface area contributed by atoms with Gasteiger partial charge in [-0.2, -0.15) is 0 Å². The molecule has 0 aliphatic rings. The molecule has 0 fully saturated rings. The van der Waals surface area contributed by atoms with E-state index in [0.717, 1.165) is 0 Å². The number of phenolic OH excluding ortho intramolecular Hbond substituents is 2. The smallest absolute Gasteiger partial charge is 0.122 e. The van der Waals surface area contributed by atoms with Crippen LogP contribution in [0, 0.1) is 0 Å². The molecule has 2 radical (unpaired) electrons. The lowest BCUT2D eigenvalue weighted by Gasteiger charge is -2.01. The molecule has 1 aromatic carbocycles. The summed E-state index contributed by atoms with van der Waals surface area (Å²) in [7, 11) is 5.28. The van der Waals surface area contributed by atoms with Gasteiger partial charge in [0.05, 0.1) is 4.47 Å². The summed E-state index contributed by atoms with van der Waals surface area (Å²) in [5.74, 6) is -0.0139. The highest BCUT2D eigenvalue weighted by Gasteiger charge is 2.01. The fourth-order valence-electron chi connectivity index (χ4n) is 0.605. The zero-order valence-corrected chi connectivity index (χ0v) is 6.59. The van der Waals surface area contributed by atoms with Gasteiger partial charge in [0.1, 0.15) is 19.3 Å². The molecule has 1 rings (SSSR count). The largest absolute Gasteiger partial charge is 0.508 e. The van der Waals surface area contributed by atoms with Crippen molar-refractivity contribution in [3.63, 3.8) is 0 Å². The third-order valence-electron chi connectivity index (χ3n) is 1.08. The Morgan fingerprint density at radius 2 is 1.90 bits per heavy atom. The number of hydrogen-bond donors (Lipinski definition) is 2. The summed E-state index contributed by atoms with van der Waals surface area (Å²) in [6.45, 7) is 0. The molecule has 0 unspecified atom stereocenters. The molecule has 50 valence electrons. The van der Waals surface area contributed by atoms with Gasteiger partial charge in [-0.05, 0) is 28.1 Å². The standard InChI is InChI=1S/C6H4BBrO2/c7-4-1-3(9)2-5(8)6(4)10/h1-2,9-10H. The lowest BCUT2D eigenvalue weighted by molar-refractivity contribution is 0.461. The van der Waals surface area contributed by atoms with Crippen molar-refractivity contribution < 1.29 is 10.2 Å². The summed E-state index contributed by atoms with van der Waals surface area (Å²) in [6.07, 6.45) is 0. The van der Waals surface area contributed by atoms with Crippen LogP contribution < -0.4 is 5.46 Å². The Hall–Kier alpha value is -0.635. The van der Waals surface area contributed by atoms with E-state index in [9.17, 15) is 0 Å². The van der Waals surface area contributed by atoms with Crippen molar-refractivity contribution >= 4 is 29.2 Å². The van der Waals surface area contributed by atoms with E-state index in [2.05, 4.69) is 15.9 Å². The second-order valence-electron chi connectivity index (χ2n) is 1.87. The van der Waals surface area contributed by atoms with Crippen LogP contribution in [0.2, 0.25) is 0 Å². The van der Waals surface area contributed by atoms with Gasteiger partial charge in [0, 0.05) is 0 Å². The van der Waals surface area contributed by atoms with Crippen molar-refractivity contribution in [3.8, 4) is 11.5 Å². The Labute approximate surface area is 68.0 Å². The van der Waals surface area contributed by atoms with Crippen LogP contribution in [-0.4, -0.2) is 18.1 Å². The molecule has 0 atom stereocenters. The fraction of sp³-hybridized carbons (Fsp3) is 0. The van der Waals surface area contributed by atoms with E-state index in [4.69, 9.17) is 18.1 Å². The summed E-state index contributed by atoms with van der Waals surface area (Å²) < 4.78 is 0.394. The third-order valence-corrected chi connectivity index (χ3v) is 1.68. The van der Waals surface area contributed by atoms with Crippen molar-refractivity contribution in [1.29, 1.82) is 0 Å². The average Bonchev–Trinajstić information content (AvgIpc) is 1.82. The van der Waals surface area contributed by atoms with Crippen molar-refractivity contribution in [3.05, 3.63) is 16.6 Å². The summed E-state index contributed by atoms with van der Waals surface area (Å²) in [5, 5.41) is 17.9. The minimum atomic E-state index is -0.0437. The third kappa shape index (κ3) is 1.26. The van der Waals surface area contributed by atoms with Gasteiger partial charge in [-0.25, -0.2) is 0 Å². The minimum absolute atomic E-state index is 0.0298. The monoisotopic (exact) mass is 198 g/mol. The van der Waals surface area contributed by atoms with Crippen LogP contribution in [0.1, 0.15) is 0 Å². The normalized spacial score (nSPS) is 9.70. The topological polar surface area (TPSA) is 40.5 Å². The Kier molecular flexibility index (Phi) is 1.90. The summed E-state index contributed by atoms with van der Waals surface area (Å²) in [5.41, 5.74) is 0.159. The highest BCUT2D eigenvalue weighted by atomic mass is 79.9. The zero-order chi connectivity index (χ0) is 7.72. The lowest BCUT2D eigenvalue weighted by Crippen LogP contribution is -2.01. The van der Waals surface area contributed by atoms with Crippen molar-refractivity contribution in [1.82, 2.24) is 0 Å². The Morgan fingerprint density at radius 1 is 1.30 bits per heavy atom. The molecule has 4 heteroatoms. The highest BCUT2D eigenvalue weighted by molar-refractivity contribution is 9.10. The second kappa shape index (κ2) is 2.54. The van der Waals surface area contributed by atoms with Gasteiger partial charge in [0.2, 0.25) is 0 Å². The lowest BCUT2D eigenvalue weighted by atomic mass is 9.95. The molecular formula is C6H4BBrO2. The van der Waals surface area contributed by atoms with Crippen molar-refractivity contribution in [2.75, 3.05) is 0 Å². The van der Waals surface area contributed by atoms with Gasteiger partial charge < -0.3 is 10.2 Å². The van der Waals surface area contributed by atoms with E-state index >= 15 is 0 Å². The molecule has 10 heavy (non-hydrogen) atoms. The SMILES string of the molecule is [B]c1cc(O)cc(Br)c1O. The molecule has 0 bridgehead atoms. The molecule has 0 heterocycles. The van der Waals surface area contributed by atoms with E-state index < -0.39 is 0 Å². The Balaban J connectivity index is 3.31. The number of halogens is 1. The summed E-state index contributed by atoms with van der Waals surface area (Å²) in [4.78, 5) is 0. The second-order valence-corrected chi connectivity index (χ2v) is 2.72. The maximum absolute atomic E-state index is 9.05. The molecule has 1 aromatic rings. The van der Waals surface area contributed by atoms with Crippen LogP contribution >= 0.6 is 15.9 Å². The Bertz CT molecular complexity index is 239. The number of hydrogen-bond acceptors (Lipinski definition) is 2. The van der Waals surface area contributed by atoms with Gasteiger partial charge in [-0.1, -0.05) is 5.46 Å². The minimum Gasteiger partial charge on any atom is -0.508 e. The van der Waals surface area contributed by atoms with E-state index in [1.54, 1.807) is 0 Å². The summed E-state index contributed by atoms with van der Waals surface area (Å²) in [6, 6.07) is 2.64. The maximum Gasteiger partial charge on any atom is 0.122 e. The quantitative estimate of drug-likeness (QED) is 0.475. The molecule has 2 N–H and O–H groups in total. The van der Waals surface area contributed by atoms with Gasteiger partial charge in [0.25, 0.3) is 0 Å². The van der Waals surface area contributed by atoms with Crippen molar-refractivity contribution in [2.45, 2.75) is 0 Å². The van der Waals surface area contributed by atoms with Gasteiger partial charge in [0.15, 0.2) is 0 Å². The van der Waals surface area contributed by atoms with E-state index in [1.807, 2.05) is 0 Å². The number of phenols is 2. The first-order valence-electron chi connectivity index (χ1n) is 2.58. The highest BCUT2D eigenvalue weighted by Crippen LogP contribution is 2.24. The predicted molar refractivity (Wildman–Crippen MR) is 42.9 cm³/mol. The van der Waals surface area contributed by atoms with E-state index in [0.29, 0.717) is 4.47 Å². The Morgan fingerprint density at radius 3 is 2.40 bits per heavy atom. The van der Waals surface area contributed by atoms with Crippen LogP contribution in [0.4, 0.5) is 0 Å². The molecular weight excluding hydrogens is 195 g/mol. The first-order chi connectivity index (χ1) is 4.61. The first-order valence-corrected chi connectivity index (χ1v) is 3.37. The number of aromatic hydroxyl groups is 2. The zero-order valence-electron chi connectivity index (χ0n) is 5.00. The van der Waals surface area contributed by atoms with Gasteiger partial charge in [-0.3, -0.25) is 0 Å². The van der Waals surface area contributed by atoms with Gasteiger partial charge >= 0.3 is 0 Å². The molecule has 0 saturated heterocycles. The van der Waals surface area contributed by atoms with Gasteiger partial charge in [-0.15, -0.1) is 0 Å². The van der Waals surface area contributed by atoms with Crippen molar-refractivity contribution in [2.24, 2.45) is 0 Å². The maximum atomic E-state index is 9.05. The number of rotatable bonds is 0. The van der Waals surface area contributed by atoms with Crippen LogP contribution in [0.15, 0.2) is 16.6 Å². The van der Waals surface area contributed by atoms with Crippen LogP contribution in [0.3, 0.4) is 0 Å². The summed E-state index contributed by atoms with van der Waals surface area (Å²) >= 11 is 3.01. The molecule has 0 amide bonds. The fourth-order valence-corrected chi connectivity index (χ4v) is 1.07. The predicted octanol–water partition coefficient (Wildman–Crippen LogP) is 0.654. The molecule has 0 spiro atoms. The van der Waals surface area contributed by atoms with E-state index in [-0.39, 0.29) is 17.0 Å². The molecule has 0 aliphatic heterocycles. The first kappa shape index (κ1) is 7.47. The van der Waals surface area contributed by atoms with Crippen LogP contribution in [0.5, 0.6) is 11.5 Å². The number of benzene rings is 1.